The van der Waals surface area contributed by atoms with Gasteiger partial charge in [0.15, 0.2) is 0 Å². The van der Waals surface area contributed by atoms with Crippen LogP contribution in [-0.4, -0.2) is 27.3 Å². The molecule has 164 valence electrons. The van der Waals surface area contributed by atoms with E-state index in [2.05, 4.69) is 10.6 Å². The van der Waals surface area contributed by atoms with Crippen LogP contribution in [0.3, 0.4) is 0 Å². The first-order valence-electron chi connectivity index (χ1n) is 10.2. The van der Waals surface area contributed by atoms with Crippen LogP contribution < -0.4 is 10.6 Å². The van der Waals surface area contributed by atoms with E-state index in [0.717, 1.165) is 16.9 Å². The van der Waals surface area contributed by atoms with Crippen LogP contribution >= 0.6 is 12.4 Å². The maximum absolute atomic E-state index is 13.9. The molecule has 0 saturated carbocycles. The van der Waals surface area contributed by atoms with Crippen molar-refractivity contribution in [1.82, 2.24) is 20.4 Å². The summed E-state index contributed by atoms with van der Waals surface area (Å²) >= 11 is 0. The Balaban J connectivity index is 0.00000272. The van der Waals surface area contributed by atoms with Gasteiger partial charge in [0.05, 0.1) is 17.4 Å². The molecule has 3 atom stereocenters. The van der Waals surface area contributed by atoms with Gasteiger partial charge in [-0.3, -0.25) is 10.1 Å². The fourth-order valence-corrected chi connectivity index (χ4v) is 4.01. The fourth-order valence-electron chi connectivity index (χ4n) is 4.01. The molecule has 2 heterocycles. The van der Waals surface area contributed by atoms with Gasteiger partial charge in [-0.15, -0.1) is 12.4 Å². The summed E-state index contributed by atoms with van der Waals surface area (Å²) in [6.07, 6.45) is 2.52. The second-order valence-electron chi connectivity index (χ2n) is 8.85. The number of nitrogens with one attached hydrogen (secondary N) is 2. The number of carbonyl (C=O) groups excluding carboxylic acids is 1. The molecule has 1 amide bonds. The summed E-state index contributed by atoms with van der Waals surface area (Å²) < 4.78 is 15.8. The molecule has 1 aliphatic heterocycles. The van der Waals surface area contributed by atoms with E-state index in [1.165, 1.54) is 12.1 Å². The Hall–Kier alpha value is -2.70. The molecule has 7 heteroatoms. The molecular weight excluding hydrogens is 415 g/mol. The monoisotopic (exact) mass is 442 g/mol. The first-order valence-corrected chi connectivity index (χ1v) is 10.2. The van der Waals surface area contributed by atoms with E-state index >= 15 is 0 Å². The predicted octanol–water partition coefficient (Wildman–Crippen LogP) is 4.53. The maximum atomic E-state index is 13.9. The second-order valence-corrected chi connectivity index (χ2v) is 8.85. The topological polar surface area (TPSA) is 59.0 Å². The number of benzene rings is 2. The van der Waals surface area contributed by atoms with Crippen LogP contribution in [0.2, 0.25) is 0 Å². The summed E-state index contributed by atoms with van der Waals surface area (Å²) in [5.41, 5.74) is 2.35. The van der Waals surface area contributed by atoms with E-state index in [1.54, 1.807) is 6.07 Å². The minimum absolute atomic E-state index is 0. The third-order valence-corrected chi connectivity index (χ3v) is 5.31. The zero-order valence-corrected chi connectivity index (χ0v) is 18.7. The second kappa shape index (κ2) is 9.20. The highest BCUT2D eigenvalue weighted by molar-refractivity contribution is 5.85. The normalized spacial score (nSPS) is 20.8. The summed E-state index contributed by atoms with van der Waals surface area (Å²) in [4.78, 5) is 12.8. The zero-order chi connectivity index (χ0) is 21.3. The highest BCUT2D eigenvalue weighted by Gasteiger charge is 2.40. The van der Waals surface area contributed by atoms with Crippen molar-refractivity contribution in [3.63, 3.8) is 0 Å². The highest BCUT2D eigenvalue weighted by atomic mass is 35.5. The minimum Gasteiger partial charge on any atom is -0.350 e. The smallest absolute Gasteiger partial charge is 0.237 e. The Bertz CT molecular complexity index is 1030. The SMILES string of the molecule is CC(C)(C)NC(=O)[C@@H]1C[C@H](c2ccn(-c3ccccc3)n2)[C@H](c2cccc(F)c2)N1.Cl. The first-order chi connectivity index (χ1) is 14.3. The highest BCUT2D eigenvalue weighted by Crippen LogP contribution is 2.40. The molecule has 0 spiro atoms. The lowest BCUT2D eigenvalue weighted by Gasteiger charge is -2.23. The number of amides is 1. The number of carbonyl (C=O) groups is 1. The number of aromatic nitrogens is 2. The summed E-state index contributed by atoms with van der Waals surface area (Å²) in [5, 5.41) is 11.3. The Morgan fingerprint density at radius 3 is 2.55 bits per heavy atom. The molecule has 5 nitrogen and oxygen atoms in total. The van der Waals surface area contributed by atoms with Crippen LogP contribution in [0.15, 0.2) is 66.9 Å². The Morgan fingerprint density at radius 1 is 1.13 bits per heavy atom. The van der Waals surface area contributed by atoms with Crippen LogP contribution in [0, 0.1) is 5.82 Å². The van der Waals surface area contributed by atoms with E-state index < -0.39 is 0 Å². The lowest BCUT2D eigenvalue weighted by molar-refractivity contribution is -0.124. The molecule has 0 unspecified atom stereocenters. The van der Waals surface area contributed by atoms with E-state index in [-0.39, 0.29) is 47.7 Å². The molecule has 0 aliphatic carbocycles. The van der Waals surface area contributed by atoms with Gasteiger partial charge in [-0.25, -0.2) is 9.07 Å². The van der Waals surface area contributed by atoms with Crippen LogP contribution in [0.25, 0.3) is 5.69 Å². The number of halogens is 2. The number of para-hydroxylation sites is 1. The van der Waals surface area contributed by atoms with E-state index in [9.17, 15) is 9.18 Å². The molecule has 0 bridgehead atoms. The molecule has 1 aromatic heterocycles. The standard InChI is InChI=1S/C24H27FN4O.ClH/c1-24(2,3)27-23(30)21-15-19(22(26-21)16-8-7-9-17(25)14-16)20-12-13-29(28-20)18-10-5-4-6-11-18;/h4-14,19,21-22,26H,15H2,1-3H3,(H,27,30);1H/t19-,21+,22+;/m1./s1. The molecule has 2 N–H and O–H groups in total. The zero-order valence-electron chi connectivity index (χ0n) is 17.9. The van der Waals surface area contributed by atoms with Gasteiger partial charge >= 0.3 is 0 Å². The van der Waals surface area contributed by atoms with Gasteiger partial charge in [-0.05, 0) is 63.1 Å². The van der Waals surface area contributed by atoms with Crippen molar-refractivity contribution in [2.75, 3.05) is 0 Å². The molecule has 4 rings (SSSR count). The molecule has 1 saturated heterocycles. The molecular formula is C24H28ClFN4O. The van der Waals surface area contributed by atoms with E-state index in [4.69, 9.17) is 5.10 Å². The molecule has 3 aromatic rings. The van der Waals surface area contributed by atoms with Crippen LogP contribution in [0.4, 0.5) is 4.39 Å². The van der Waals surface area contributed by atoms with Gasteiger partial charge < -0.3 is 5.32 Å². The van der Waals surface area contributed by atoms with Crippen molar-refractivity contribution in [3.8, 4) is 5.69 Å². The summed E-state index contributed by atoms with van der Waals surface area (Å²) in [6.45, 7) is 5.88. The maximum Gasteiger partial charge on any atom is 0.237 e. The first kappa shape index (κ1) is 23.0. The minimum atomic E-state index is -0.371. The predicted molar refractivity (Wildman–Crippen MR) is 122 cm³/mol. The lowest BCUT2D eigenvalue weighted by Crippen LogP contribution is -2.48. The average molecular weight is 443 g/mol. The number of nitrogens with zero attached hydrogens (tertiary/aromatic N) is 2. The summed E-state index contributed by atoms with van der Waals surface area (Å²) in [7, 11) is 0. The van der Waals surface area contributed by atoms with Crippen LogP contribution in [-0.2, 0) is 4.79 Å². The average Bonchev–Trinajstić information content (AvgIpc) is 3.35. The Morgan fingerprint density at radius 2 is 1.87 bits per heavy atom. The summed E-state index contributed by atoms with van der Waals surface area (Å²) in [6, 6.07) is 17.9. The van der Waals surface area contributed by atoms with Crippen LogP contribution in [0.1, 0.15) is 50.4 Å². The van der Waals surface area contributed by atoms with Gasteiger partial charge in [0.1, 0.15) is 5.82 Å². The van der Waals surface area contributed by atoms with Crippen molar-refractivity contribution in [2.45, 2.75) is 50.7 Å². The quantitative estimate of drug-likeness (QED) is 0.623. The molecule has 1 fully saturated rings. The Labute approximate surface area is 188 Å². The lowest BCUT2D eigenvalue weighted by atomic mass is 9.90. The summed E-state index contributed by atoms with van der Waals surface area (Å²) in [5.74, 6) is -0.383. The largest absolute Gasteiger partial charge is 0.350 e. The van der Waals surface area contributed by atoms with Crippen molar-refractivity contribution in [1.29, 1.82) is 0 Å². The van der Waals surface area contributed by atoms with E-state index in [0.29, 0.717) is 6.42 Å². The number of hydrogen-bond donors (Lipinski definition) is 2. The molecule has 1 aliphatic rings. The fraction of sp³-hybridized carbons (Fsp3) is 0.333. The van der Waals surface area contributed by atoms with E-state index in [1.807, 2.05) is 74.1 Å². The van der Waals surface area contributed by atoms with Crippen molar-refractivity contribution < 1.29 is 9.18 Å². The van der Waals surface area contributed by atoms with Crippen molar-refractivity contribution in [2.24, 2.45) is 0 Å². The van der Waals surface area contributed by atoms with Gasteiger partial charge in [-0.1, -0.05) is 30.3 Å². The number of rotatable bonds is 4. The third-order valence-electron chi connectivity index (χ3n) is 5.31. The third kappa shape index (κ3) is 5.32. The molecule has 31 heavy (non-hydrogen) atoms. The van der Waals surface area contributed by atoms with Gasteiger partial charge in [-0.2, -0.15) is 5.10 Å². The molecule has 2 aromatic carbocycles. The van der Waals surface area contributed by atoms with Crippen molar-refractivity contribution in [3.05, 3.63) is 83.9 Å². The van der Waals surface area contributed by atoms with Gasteiger partial charge in [0, 0.05) is 23.7 Å². The Kier molecular flexibility index (Phi) is 6.82. The van der Waals surface area contributed by atoms with Gasteiger partial charge in [0.25, 0.3) is 0 Å². The van der Waals surface area contributed by atoms with Crippen LogP contribution in [0.5, 0.6) is 0 Å². The molecule has 0 radical (unpaired) electrons. The van der Waals surface area contributed by atoms with Crippen molar-refractivity contribution >= 4 is 18.3 Å². The van der Waals surface area contributed by atoms with Gasteiger partial charge in [0.2, 0.25) is 5.91 Å². The number of hydrogen-bond acceptors (Lipinski definition) is 3.